The predicted octanol–water partition coefficient (Wildman–Crippen LogP) is 0.403. The lowest BCUT2D eigenvalue weighted by Gasteiger charge is -2.28. The predicted molar refractivity (Wildman–Crippen MR) is 60.5 cm³/mol. The van der Waals surface area contributed by atoms with Crippen LogP contribution in [0.25, 0.3) is 0 Å². The molecule has 0 saturated carbocycles. The summed E-state index contributed by atoms with van der Waals surface area (Å²) >= 11 is 0. The van der Waals surface area contributed by atoms with Crippen LogP contribution >= 0.6 is 24.8 Å². The average molecular weight is 229 g/mol. The van der Waals surface area contributed by atoms with E-state index in [9.17, 15) is 0 Å². The summed E-state index contributed by atoms with van der Waals surface area (Å²) in [5.74, 6) is 0.694. The average Bonchev–Trinajstić information content (AvgIpc) is 2.07. The van der Waals surface area contributed by atoms with Gasteiger partial charge in [-0.3, -0.25) is 5.01 Å². The lowest BCUT2D eigenvalue weighted by molar-refractivity contribution is 0.195. The zero-order valence-corrected chi connectivity index (χ0v) is 9.19. The molecule has 0 bridgehead atoms. The molecule has 0 unspecified atom stereocenters. The second kappa shape index (κ2) is 8.41. The summed E-state index contributed by atoms with van der Waals surface area (Å²) in [5, 5.41) is 5.99. The number of hydrazone groups is 1. The van der Waals surface area contributed by atoms with E-state index in [0.29, 0.717) is 5.92 Å². The van der Waals surface area contributed by atoms with Crippen LogP contribution in [-0.4, -0.2) is 31.0 Å². The summed E-state index contributed by atoms with van der Waals surface area (Å²) in [4.78, 5) is 0. The van der Waals surface area contributed by atoms with E-state index in [1.807, 2.05) is 5.01 Å². The Morgan fingerprint density at radius 2 is 1.85 bits per heavy atom. The van der Waals surface area contributed by atoms with Gasteiger partial charge in [-0.1, -0.05) is 0 Å². The first-order chi connectivity index (χ1) is 5.36. The molecule has 1 rings (SSSR count). The Hall–Kier alpha value is -0.190. The van der Waals surface area contributed by atoms with E-state index in [4.69, 9.17) is 11.5 Å². The third kappa shape index (κ3) is 5.18. The largest absolute Gasteiger partial charge is 0.388 e. The summed E-state index contributed by atoms with van der Waals surface area (Å²) in [6.45, 7) is 2.80. The summed E-state index contributed by atoms with van der Waals surface area (Å²) < 4.78 is 0. The van der Waals surface area contributed by atoms with Gasteiger partial charge in [0, 0.05) is 13.1 Å². The molecule has 80 valence electrons. The van der Waals surface area contributed by atoms with Crippen molar-refractivity contribution in [2.24, 2.45) is 22.5 Å². The van der Waals surface area contributed by atoms with Crippen LogP contribution in [0.2, 0.25) is 0 Å². The van der Waals surface area contributed by atoms with Crippen LogP contribution in [-0.2, 0) is 0 Å². The minimum Gasteiger partial charge on any atom is -0.388 e. The van der Waals surface area contributed by atoms with E-state index >= 15 is 0 Å². The van der Waals surface area contributed by atoms with Gasteiger partial charge in [0.15, 0.2) is 0 Å². The molecule has 1 aliphatic rings. The lowest BCUT2D eigenvalue weighted by atomic mass is 9.98. The zero-order chi connectivity index (χ0) is 8.10. The van der Waals surface area contributed by atoms with E-state index in [-0.39, 0.29) is 24.8 Å². The smallest absolute Gasteiger partial charge is 0.106 e. The first-order valence-corrected chi connectivity index (χ1v) is 4.06. The Morgan fingerprint density at radius 1 is 1.31 bits per heavy atom. The maximum Gasteiger partial charge on any atom is 0.106 e. The second-order valence-electron chi connectivity index (χ2n) is 2.90. The summed E-state index contributed by atoms with van der Waals surface area (Å²) in [6, 6.07) is 0. The number of hydrogen-bond donors (Lipinski definition) is 2. The van der Waals surface area contributed by atoms with Crippen LogP contribution in [0.15, 0.2) is 5.10 Å². The molecule has 0 aromatic heterocycles. The number of hydrogen-bond acceptors (Lipinski definition) is 3. The van der Waals surface area contributed by atoms with Crippen LogP contribution in [0.5, 0.6) is 0 Å². The van der Waals surface area contributed by atoms with Crippen molar-refractivity contribution in [1.29, 1.82) is 0 Å². The molecule has 0 radical (unpaired) electrons. The monoisotopic (exact) mass is 228 g/mol. The van der Waals surface area contributed by atoms with Gasteiger partial charge in [-0.15, -0.1) is 24.8 Å². The number of nitrogens with zero attached hydrogens (tertiary/aromatic N) is 2. The van der Waals surface area contributed by atoms with Crippen molar-refractivity contribution >= 4 is 31.2 Å². The Labute approximate surface area is 91.5 Å². The molecule has 6 heteroatoms. The molecule has 0 amide bonds. The minimum atomic E-state index is 0. The third-order valence-corrected chi connectivity index (χ3v) is 2.15. The molecular formula is C7H18Cl2N4. The highest BCUT2D eigenvalue weighted by Crippen LogP contribution is 2.15. The topological polar surface area (TPSA) is 67.6 Å². The molecule has 1 aliphatic heterocycles. The highest BCUT2D eigenvalue weighted by Gasteiger charge is 2.15. The number of piperidine rings is 1. The van der Waals surface area contributed by atoms with Crippen LogP contribution in [0.4, 0.5) is 0 Å². The number of halogens is 2. The minimum absolute atomic E-state index is 0. The summed E-state index contributed by atoms with van der Waals surface area (Å²) in [5.41, 5.74) is 10.7. The molecule has 1 heterocycles. The van der Waals surface area contributed by atoms with E-state index in [1.165, 1.54) is 6.34 Å². The maximum absolute atomic E-state index is 5.54. The summed E-state index contributed by atoms with van der Waals surface area (Å²) in [6.07, 6.45) is 3.64. The van der Waals surface area contributed by atoms with Crippen molar-refractivity contribution in [2.75, 3.05) is 19.6 Å². The van der Waals surface area contributed by atoms with Crippen molar-refractivity contribution in [3.05, 3.63) is 0 Å². The summed E-state index contributed by atoms with van der Waals surface area (Å²) in [7, 11) is 0. The molecule has 1 fully saturated rings. The molecule has 1 saturated heterocycles. The van der Waals surface area contributed by atoms with Gasteiger partial charge in [0.25, 0.3) is 0 Å². The highest BCUT2D eigenvalue weighted by atomic mass is 35.5. The number of nitrogens with two attached hydrogens (primary N) is 2. The van der Waals surface area contributed by atoms with Gasteiger partial charge < -0.3 is 11.5 Å². The van der Waals surface area contributed by atoms with Gasteiger partial charge in [0.2, 0.25) is 0 Å². The first-order valence-electron chi connectivity index (χ1n) is 4.06. The van der Waals surface area contributed by atoms with Crippen LogP contribution in [0, 0.1) is 5.92 Å². The zero-order valence-electron chi connectivity index (χ0n) is 7.56. The molecular weight excluding hydrogens is 211 g/mol. The molecule has 0 aromatic rings. The fourth-order valence-electron chi connectivity index (χ4n) is 1.36. The van der Waals surface area contributed by atoms with Crippen LogP contribution in [0.3, 0.4) is 0 Å². The van der Waals surface area contributed by atoms with Crippen molar-refractivity contribution in [1.82, 2.24) is 5.01 Å². The Bertz CT molecular complexity index is 134. The van der Waals surface area contributed by atoms with Crippen molar-refractivity contribution < 1.29 is 0 Å². The van der Waals surface area contributed by atoms with Gasteiger partial charge in [-0.05, 0) is 25.3 Å². The quantitative estimate of drug-likeness (QED) is 0.532. The highest BCUT2D eigenvalue weighted by molar-refractivity contribution is 5.85. The van der Waals surface area contributed by atoms with Gasteiger partial charge in [0.05, 0.1) is 0 Å². The van der Waals surface area contributed by atoms with E-state index < -0.39 is 0 Å². The molecule has 0 aliphatic carbocycles. The van der Waals surface area contributed by atoms with E-state index in [1.54, 1.807) is 0 Å². The standard InChI is InChI=1S/C7H16N4.2ClH/c8-5-7-1-3-11(4-2-7)10-6-9;;/h6-7H,1-5,8H2,(H2,9,10);2*1H. The van der Waals surface area contributed by atoms with Gasteiger partial charge >= 0.3 is 0 Å². The Kier molecular flexibility index (Phi) is 9.89. The molecule has 0 aromatic carbocycles. The molecule has 0 atom stereocenters. The lowest BCUT2D eigenvalue weighted by Crippen LogP contribution is -2.33. The SMILES string of the molecule is Cl.Cl.NC=NN1CCC(CN)CC1. The molecule has 4 nitrogen and oxygen atoms in total. The molecule has 4 N–H and O–H groups in total. The van der Waals surface area contributed by atoms with Gasteiger partial charge in [0.1, 0.15) is 6.34 Å². The van der Waals surface area contributed by atoms with Gasteiger partial charge in [-0.25, -0.2) is 0 Å². The third-order valence-electron chi connectivity index (χ3n) is 2.15. The fraction of sp³-hybridized carbons (Fsp3) is 0.857. The normalized spacial score (nSPS) is 18.1. The van der Waals surface area contributed by atoms with Crippen molar-refractivity contribution in [3.8, 4) is 0 Å². The maximum atomic E-state index is 5.54. The van der Waals surface area contributed by atoms with Gasteiger partial charge in [-0.2, -0.15) is 5.10 Å². The Balaban J connectivity index is 0. The van der Waals surface area contributed by atoms with Crippen LogP contribution in [0.1, 0.15) is 12.8 Å². The first kappa shape index (κ1) is 15.3. The fourth-order valence-corrected chi connectivity index (χ4v) is 1.36. The van der Waals surface area contributed by atoms with E-state index in [2.05, 4.69) is 5.10 Å². The Morgan fingerprint density at radius 3 is 2.23 bits per heavy atom. The number of rotatable bonds is 2. The van der Waals surface area contributed by atoms with E-state index in [0.717, 1.165) is 32.5 Å². The van der Waals surface area contributed by atoms with Crippen molar-refractivity contribution in [3.63, 3.8) is 0 Å². The molecule has 13 heavy (non-hydrogen) atoms. The van der Waals surface area contributed by atoms with Crippen LogP contribution < -0.4 is 11.5 Å². The second-order valence-corrected chi connectivity index (χ2v) is 2.90. The molecule has 0 spiro atoms. The van der Waals surface area contributed by atoms with Crippen molar-refractivity contribution in [2.45, 2.75) is 12.8 Å².